The first-order valence-corrected chi connectivity index (χ1v) is 4.15. The molecule has 0 rings (SSSR count). The second-order valence-electron chi connectivity index (χ2n) is 1.41. The van der Waals surface area contributed by atoms with Crippen molar-refractivity contribution in [1.82, 2.24) is 5.32 Å². The number of rotatable bonds is 4. The van der Waals surface area contributed by atoms with Crippen LogP contribution < -0.4 is 5.32 Å². The smallest absolute Gasteiger partial charge is 0.355 e. The molecule has 0 saturated carbocycles. The van der Waals surface area contributed by atoms with Crippen LogP contribution in [0, 0.1) is 0 Å². The Morgan fingerprint density at radius 2 is 2.08 bits per heavy atom. The van der Waals surface area contributed by atoms with Gasteiger partial charge in [-0.1, -0.05) is 6.08 Å². The van der Waals surface area contributed by atoms with Crippen LogP contribution in [0.2, 0.25) is 0 Å². The van der Waals surface area contributed by atoms with Crippen LogP contribution in [0.5, 0.6) is 0 Å². The van der Waals surface area contributed by atoms with E-state index in [-0.39, 0.29) is 0 Å². The van der Waals surface area contributed by atoms with E-state index in [9.17, 15) is 13.2 Å². The Labute approximate surface area is 71.2 Å². The lowest BCUT2D eigenvalue weighted by Crippen LogP contribution is -2.08. The summed E-state index contributed by atoms with van der Waals surface area (Å²) >= 11 is 0. The fourth-order valence-electron chi connectivity index (χ4n) is 0.131. The first kappa shape index (κ1) is 13.7. The molecule has 0 saturated heterocycles. The van der Waals surface area contributed by atoms with Gasteiger partial charge in [0.15, 0.2) is 0 Å². The summed E-state index contributed by atoms with van der Waals surface area (Å²) in [4.78, 5) is 9.40. The zero-order valence-corrected chi connectivity index (χ0v) is 7.37. The molecule has 0 aromatic rings. The lowest BCUT2D eigenvalue weighted by molar-refractivity contribution is -0.109. The number of amides is 1. The molecule has 0 fully saturated rings. The summed E-state index contributed by atoms with van der Waals surface area (Å²) in [5.74, 6) is 0. The predicted octanol–water partition coefficient (Wildman–Crippen LogP) is -0.646. The van der Waals surface area contributed by atoms with E-state index in [2.05, 4.69) is 16.1 Å². The molecular formula is C5H11NO5S. The van der Waals surface area contributed by atoms with Crippen molar-refractivity contribution in [3.8, 4) is 0 Å². The molecule has 0 aromatic heterocycles. The van der Waals surface area contributed by atoms with Gasteiger partial charge in [0, 0.05) is 6.54 Å². The average Bonchev–Trinajstić information content (AvgIpc) is 2.01. The van der Waals surface area contributed by atoms with Gasteiger partial charge in [-0.05, 0) is 0 Å². The molecule has 72 valence electrons. The molecule has 1 amide bonds. The van der Waals surface area contributed by atoms with E-state index in [1.165, 1.54) is 0 Å². The molecule has 2 N–H and O–H groups in total. The first-order valence-electron chi connectivity index (χ1n) is 2.79. The molecule has 12 heavy (non-hydrogen) atoms. The highest BCUT2D eigenvalue weighted by molar-refractivity contribution is 7.80. The molecule has 7 heteroatoms. The monoisotopic (exact) mass is 197 g/mol. The van der Waals surface area contributed by atoms with E-state index < -0.39 is 10.4 Å². The van der Waals surface area contributed by atoms with Crippen molar-refractivity contribution < 1.29 is 21.9 Å². The molecule has 0 atom stereocenters. The second kappa shape index (κ2) is 8.18. The van der Waals surface area contributed by atoms with Gasteiger partial charge in [-0.3, -0.25) is 13.5 Å². The minimum Gasteiger partial charge on any atom is -0.355 e. The summed E-state index contributed by atoms with van der Waals surface area (Å²) in [5.41, 5.74) is 0. The molecule has 0 aliphatic heterocycles. The fourth-order valence-corrected chi connectivity index (χ4v) is 0.131. The molecule has 0 radical (unpaired) electrons. The summed E-state index contributed by atoms with van der Waals surface area (Å²) in [6.07, 6.45) is 2.26. The minimum atomic E-state index is -4.16. The van der Waals surface area contributed by atoms with Gasteiger partial charge in [0.05, 0.1) is 7.11 Å². The van der Waals surface area contributed by atoms with Crippen molar-refractivity contribution in [3.63, 3.8) is 0 Å². The molecule has 0 aromatic carbocycles. The first-order chi connectivity index (χ1) is 5.47. The van der Waals surface area contributed by atoms with Crippen molar-refractivity contribution >= 4 is 16.8 Å². The average molecular weight is 197 g/mol. The lowest BCUT2D eigenvalue weighted by Gasteiger charge is -1.82. The molecule has 0 spiro atoms. The van der Waals surface area contributed by atoms with Crippen LogP contribution in [-0.2, 0) is 19.4 Å². The van der Waals surface area contributed by atoms with Gasteiger partial charge < -0.3 is 5.32 Å². The zero-order chi connectivity index (χ0) is 10.0. The minimum absolute atomic E-state index is 0.559. The lowest BCUT2D eigenvalue weighted by atomic mass is 10.6. The highest BCUT2D eigenvalue weighted by Gasteiger charge is 1.93. The highest BCUT2D eigenvalue weighted by Crippen LogP contribution is 1.74. The van der Waals surface area contributed by atoms with Crippen LogP contribution in [0.3, 0.4) is 0 Å². The molecule has 0 aliphatic carbocycles. The predicted molar refractivity (Wildman–Crippen MR) is 42.8 cm³/mol. The van der Waals surface area contributed by atoms with Crippen LogP contribution in [0.15, 0.2) is 12.7 Å². The topological polar surface area (TPSA) is 92.7 Å². The largest absolute Gasteiger partial charge is 0.397 e. The van der Waals surface area contributed by atoms with Gasteiger partial charge in [0.1, 0.15) is 0 Å². The van der Waals surface area contributed by atoms with Gasteiger partial charge in [0.25, 0.3) is 0 Å². The Kier molecular flexibility index (Phi) is 9.31. The SMILES string of the molecule is C=CCNC=O.COS(=O)(=O)O. The van der Waals surface area contributed by atoms with E-state index in [1.807, 2.05) is 0 Å². The molecule has 0 unspecified atom stereocenters. The molecule has 6 nitrogen and oxygen atoms in total. The Hall–Kier alpha value is -0.920. The van der Waals surface area contributed by atoms with E-state index in [4.69, 9.17) is 4.55 Å². The van der Waals surface area contributed by atoms with E-state index in [0.717, 1.165) is 7.11 Å². The maximum absolute atomic E-state index is 9.40. The van der Waals surface area contributed by atoms with Crippen molar-refractivity contribution in [1.29, 1.82) is 0 Å². The second-order valence-corrected chi connectivity index (χ2v) is 2.60. The highest BCUT2D eigenvalue weighted by atomic mass is 32.3. The third-order valence-corrected chi connectivity index (χ3v) is 0.977. The summed E-state index contributed by atoms with van der Waals surface area (Å²) in [6, 6.07) is 0. The Morgan fingerprint density at radius 1 is 1.67 bits per heavy atom. The summed E-state index contributed by atoms with van der Waals surface area (Å²) < 4.78 is 29.7. The maximum Gasteiger partial charge on any atom is 0.397 e. The molecule has 0 aliphatic rings. The number of carbonyl (C=O) groups is 1. The van der Waals surface area contributed by atoms with Gasteiger partial charge in [-0.25, -0.2) is 0 Å². The van der Waals surface area contributed by atoms with E-state index in [1.54, 1.807) is 6.08 Å². The van der Waals surface area contributed by atoms with Crippen LogP contribution in [0.25, 0.3) is 0 Å². The van der Waals surface area contributed by atoms with Gasteiger partial charge >= 0.3 is 10.4 Å². The maximum atomic E-state index is 9.40. The number of hydrogen-bond donors (Lipinski definition) is 2. The summed E-state index contributed by atoms with van der Waals surface area (Å²) in [6.45, 7) is 3.94. The van der Waals surface area contributed by atoms with Gasteiger partial charge in [-0.15, -0.1) is 6.58 Å². The van der Waals surface area contributed by atoms with Crippen LogP contribution >= 0.6 is 0 Å². The quantitative estimate of drug-likeness (QED) is 0.270. The zero-order valence-electron chi connectivity index (χ0n) is 6.56. The number of nitrogens with one attached hydrogen (secondary N) is 1. The summed E-state index contributed by atoms with van der Waals surface area (Å²) in [7, 11) is -3.29. The Balaban J connectivity index is 0. The fraction of sp³-hybridized carbons (Fsp3) is 0.400. The molecule has 0 heterocycles. The molecule has 0 bridgehead atoms. The van der Waals surface area contributed by atoms with E-state index in [0.29, 0.717) is 13.0 Å². The van der Waals surface area contributed by atoms with Crippen LogP contribution in [0.1, 0.15) is 0 Å². The van der Waals surface area contributed by atoms with Crippen molar-refractivity contribution in [3.05, 3.63) is 12.7 Å². The normalized spacial score (nSPS) is 9.17. The van der Waals surface area contributed by atoms with Crippen LogP contribution in [-0.4, -0.2) is 33.0 Å². The third-order valence-electron chi connectivity index (χ3n) is 0.556. The Bertz CT molecular complexity index is 202. The number of carbonyl (C=O) groups excluding carboxylic acids is 1. The van der Waals surface area contributed by atoms with E-state index >= 15 is 0 Å². The van der Waals surface area contributed by atoms with Gasteiger partial charge in [0.2, 0.25) is 6.41 Å². The van der Waals surface area contributed by atoms with Crippen LogP contribution in [0.4, 0.5) is 0 Å². The Morgan fingerprint density at radius 3 is 2.17 bits per heavy atom. The van der Waals surface area contributed by atoms with Crippen molar-refractivity contribution in [2.24, 2.45) is 0 Å². The standard InChI is InChI=1S/C4H7NO.CH4O4S/c1-2-3-5-4-6;1-5-6(2,3)4/h2,4H,1,3H2,(H,5,6);1H3,(H,2,3,4). The molecular weight excluding hydrogens is 186 g/mol. The van der Waals surface area contributed by atoms with Crippen molar-refractivity contribution in [2.75, 3.05) is 13.7 Å². The third kappa shape index (κ3) is 23.0. The van der Waals surface area contributed by atoms with Gasteiger partial charge in [-0.2, -0.15) is 8.42 Å². The number of hydrogen-bond acceptors (Lipinski definition) is 4. The van der Waals surface area contributed by atoms with Crippen molar-refractivity contribution in [2.45, 2.75) is 0 Å². The summed E-state index contributed by atoms with van der Waals surface area (Å²) in [5, 5.41) is 2.40.